The number of likely N-dealkylation sites (tertiary alicyclic amines) is 2. The molecule has 0 unspecified atom stereocenters. The van der Waals surface area contributed by atoms with E-state index in [0.717, 1.165) is 37.2 Å². The molecule has 2 amide bonds. The summed E-state index contributed by atoms with van der Waals surface area (Å²) in [6.45, 7) is 6.47. The highest BCUT2D eigenvalue weighted by Gasteiger charge is 2.36. The molecule has 3 aliphatic heterocycles. The first-order chi connectivity index (χ1) is 11.4. The smallest absolute Gasteiger partial charge is 0.255 e. The summed E-state index contributed by atoms with van der Waals surface area (Å²) >= 11 is 0. The van der Waals surface area contributed by atoms with Crippen molar-refractivity contribution in [2.45, 2.75) is 51.1 Å². The molecular weight excluding hydrogens is 304 g/mol. The fraction of sp³-hybridized carbons (Fsp3) is 0.611. The monoisotopic (exact) mass is 328 g/mol. The van der Waals surface area contributed by atoms with E-state index in [1.165, 1.54) is 0 Å². The molecule has 128 valence electrons. The molecular formula is C18H24N4O2. The summed E-state index contributed by atoms with van der Waals surface area (Å²) < 4.78 is 0. The molecule has 4 heterocycles. The van der Waals surface area contributed by atoms with Crippen LogP contribution in [0, 0.1) is 0 Å². The summed E-state index contributed by atoms with van der Waals surface area (Å²) in [5.41, 5.74) is 1.75. The lowest BCUT2D eigenvalue weighted by Crippen LogP contribution is -2.39. The van der Waals surface area contributed by atoms with Gasteiger partial charge < -0.3 is 15.1 Å². The van der Waals surface area contributed by atoms with E-state index in [-0.39, 0.29) is 23.4 Å². The molecule has 0 aliphatic carbocycles. The highest BCUT2D eigenvalue weighted by Crippen LogP contribution is 2.31. The summed E-state index contributed by atoms with van der Waals surface area (Å²) in [7, 11) is 0. The first-order valence-corrected chi connectivity index (χ1v) is 8.79. The van der Waals surface area contributed by atoms with Crippen molar-refractivity contribution in [2.75, 3.05) is 25.0 Å². The number of nitrogens with one attached hydrogen (secondary N) is 1. The van der Waals surface area contributed by atoms with Gasteiger partial charge in [-0.15, -0.1) is 0 Å². The molecule has 24 heavy (non-hydrogen) atoms. The average molecular weight is 328 g/mol. The first-order valence-electron chi connectivity index (χ1n) is 8.79. The van der Waals surface area contributed by atoms with Crippen LogP contribution in [0.4, 0.5) is 5.82 Å². The summed E-state index contributed by atoms with van der Waals surface area (Å²) in [6.07, 6.45) is 5.03. The highest BCUT2D eigenvalue weighted by atomic mass is 16.2. The lowest BCUT2D eigenvalue weighted by molar-refractivity contribution is -0.129. The number of carbonyl (C=O) groups excluding carboxylic acids is 2. The second-order valence-electron chi connectivity index (χ2n) is 7.80. The fourth-order valence-electron chi connectivity index (χ4n) is 4.13. The van der Waals surface area contributed by atoms with Crippen LogP contribution in [0.3, 0.4) is 0 Å². The van der Waals surface area contributed by atoms with Gasteiger partial charge in [-0.25, -0.2) is 4.98 Å². The van der Waals surface area contributed by atoms with Crippen molar-refractivity contribution < 1.29 is 9.59 Å². The minimum absolute atomic E-state index is 0.00808. The van der Waals surface area contributed by atoms with Crippen LogP contribution in [0.25, 0.3) is 0 Å². The number of nitrogens with zero attached hydrogens (tertiary/aromatic N) is 3. The van der Waals surface area contributed by atoms with E-state index in [1.54, 1.807) is 6.20 Å². The van der Waals surface area contributed by atoms with Gasteiger partial charge in [-0.3, -0.25) is 9.59 Å². The molecule has 2 saturated heterocycles. The molecule has 1 aromatic heterocycles. The normalized spacial score (nSPS) is 25.1. The van der Waals surface area contributed by atoms with E-state index in [4.69, 9.17) is 0 Å². The number of amides is 2. The van der Waals surface area contributed by atoms with Crippen molar-refractivity contribution in [3.63, 3.8) is 0 Å². The predicted octanol–water partition coefficient (Wildman–Crippen LogP) is 1.67. The Hall–Kier alpha value is -2.11. The second kappa shape index (κ2) is 5.46. The van der Waals surface area contributed by atoms with E-state index in [9.17, 15) is 9.59 Å². The largest absolute Gasteiger partial charge is 0.365 e. The number of fused-ring (bicyclic) bond motifs is 1. The molecule has 0 spiro atoms. The standard InChI is InChI=1S/C18H24N4O2/c1-18(2)9-12-8-13(10-19-16(12)20-18)17(24)21-7-5-14(11-21)22-6-3-4-15(22)23/h8,10,14H,3-7,9,11H2,1-2H3,(H,19,20)/t14-/m0/s1. The average Bonchev–Trinajstić information content (AvgIpc) is 3.21. The quantitative estimate of drug-likeness (QED) is 0.897. The molecule has 3 aliphatic rings. The Bertz CT molecular complexity index is 700. The lowest BCUT2D eigenvalue weighted by Gasteiger charge is -2.24. The highest BCUT2D eigenvalue weighted by molar-refractivity contribution is 5.95. The van der Waals surface area contributed by atoms with E-state index < -0.39 is 0 Å². The molecule has 0 saturated carbocycles. The van der Waals surface area contributed by atoms with Crippen LogP contribution in [0.2, 0.25) is 0 Å². The molecule has 1 atom stereocenters. The van der Waals surface area contributed by atoms with Crippen LogP contribution in [0.5, 0.6) is 0 Å². The van der Waals surface area contributed by atoms with Crippen molar-refractivity contribution >= 4 is 17.6 Å². The fourth-order valence-corrected chi connectivity index (χ4v) is 4.13. The van der Waals surface area contributed by atoms with Crippen molar-refractivity contribution in [2.24, 2.45) is 0 Å². The number of carbonyl (C=O) groups is 2. The zero-order chi connectivity index (χ0) is 16.9. The topological polar surface area (TPSA) is 65.5 Å². The van der Waals surface area contributed by atoms with Crippen molar-refractivity contribution in [3.8, 4) is 0 Å². The number of rotatable bonds is 2. The molecule has 0 radical (unpaired) electrons. The zero-order valence-electron chi connectivity index (χ0n) is 14.3. The molecule has 6 heteroatoms. The van der Waals surface area contributed by atoms with Gasteiger partial charge in [0, 0.05) is 37.8 Å². The number of anilines is 1. The number of hydrogen-bond donors (Lipinski definition) is 1. The van der Waals surface area contributed by atoms with Crippen LogP contribution < -0.4 is 5.32 Å². The SMILES string of the molecule is CC1(C)Cc2cc(C(=O)N3CC[C@H](N4CCCC4=O)C3)cnc2N1. The van der Waals surface area contributed by atoms with Gasteiger partial charge in [-0.2, -0.15) is 0 Å². The minimum Gasteiger partial charge on any atom is -0.365 e. The Labute approximate surface area is 142 Å². The van der Waals surface area contributed by atoms with Gasteiger partial charge in [-0.05, 0) is 44.7 Å². The minimum atomic E-state index is -0.00808. The molecule has 6 nitrogen and oxygen atoms in total. The van der Waals surface area contributed by atoms with Gasteiger partial charge in [0.05, 0.1) is 11.6 Å². The molecule has 0 aromatic carbocycles. The summed E-state index contributed by atoms with van der Waals surface area (Å²) in [5, 5.41) is 3.38. The third-order valence-electron chi connectivity index (χ3n) is 5.30. The van der Waals surface area contributed by atoms with E-state index in [1.807, 2.05) is 15.9 Å². The first kappa shape index (κ1) is 15.4. The Morgan fingerprint density at radius 3 is 2.96 bits per heavy atom. The van der Waals surface area contributed by atoms with Crippen LogP contribution in [0.15, 0.2) is 12.3 Å². The second-order valence-corrected chi connectivity index (χ2v) is 7.80. The van der Waals surface area contributed by atoms with Crippen LogP contribution in [-0.2, 0) is 11.2 Å². The van der Waals surface area contributed by atoms with E-state index >= 15 is 0 Å². The zero-order valence-corrected chi connectivity index (χ0v) is 14.3. The van der Waals surface area contributed by atoms with Gasteiger partial charge in [-0.1, -0.05) is 0 Å². The Balaban J connectivity index is 1.46. The maximum atomic E-state index is 12.8. The van der Waals surface area contributed by atoms with E-state index in [2.05, 4.69) is 24.1 Å². The van der Waals surface area contributed by atoms with Crippen molar-refractivity contribution in [1.29, 1.82) is 0 Å². The molecule has 2 fully saturated rings. The summed E-state index contributed by atoms with van der Waals surface area (Å²) in [4.78, 5) is 33.0. The van der Waals surface area contributed by atoms with Crippen molar-refractivity contribution in [1.82, 2.24) is 14.8 Å². The van der Waals surface area contributed by atoms with Crippen LogP contribution >= 0.6 is 0 Å². The number of hydrogen-bond acceptors (Lipinski definition) is 4. The number of aromatic nitrogens is 1. The summed E-state index contributed by atoms with van der Waals surface area (Å²) in [5.74, 6) is 1.16. The lowest BCUT2D eigenvalue weighted by atomic mass is 10.00. The molecule has 1 aromatic rings. The molecule has 4 rings (SSSR count). The van der Waals surface area contributed by atoms with Gasteiger partial charge in [0.15, 0.2) is 0 Å². The summed E-state index contributed by atoms with van der Waals surface area (Å²) in [6, 6.07) is 2.16. The Morgan fingerprint density at radius 2 is 2.21 bits per heavy atom. The number of pyridine rings is 1. The van der Waals surface area contributed by atoms with Gasteiger partial charge in [0.1, 0.15) is 5.82 Å². The third-order valence-corrected chi connectivity index (χ3v) is 5.30. The van der Waals surface area contributed by atoms with Crippen LogP contribution in [-0.4, -0.2) is 57.8 Å². The van der Waals surface area contributed by atoms with Gasteiger partial charge in [0.25, 0.3) is 5.91 Å². The van der Waals surface area contributed by atoms with Gasteiger partial charge >= 0.3 is 0 Å². The Kier molecular flexibility index (Phi) is 3.51. The predicted molar refractivity (Wildman–Crippen MR) is 90.9 cm³/mol. The van der Waals surface area contributed by atoms with Gasteiger partial charge in [0.2, 0.25) is 5.91 Å². The van der Waals surface area contributed by atoms with Crippen molar-refractivity contribution in [3.05, 3.63) is 23.4 Å². The van der Waals surface area contributed by atoms with E-state index in [0.29, 0.717) is 25.1 Å². The maximum absolute atomic E-state index is 12.8. The molecule has 0 bridgehead atoms. The Morgan fingerprint density at radius 1 is 1.38 bits per heavy atom. The molecule has 1 N–H and O–H groups in total. The maximum Gasteiger partial charge on any atom is 0.255 e. The third kappa shape index (κ3) is 2.64. The van der Waals surface area contributed by atoms with Crippen LogP contribution in [0.1, 0.15) is 49.0 Å².